The summed E-state index contributed by atoms with van der Waals surface area (Å²) in [4.78, 5) is 0. The Morgan fingerprint density at radius 2 is 1.81 bits per heavy atom. The van der Waals surface area contributed by atoms with E-state index in [9.17, 15) is 0 Å². The van der Waals surface area contributed by atoms with Gasteiger partial charge >= 0.3 is 0 Å². The van der Waals surface area contributed by atoms with Gasteiger partial charge in [0.1, 0.15) is 11.5 Å². The van der Waals surface area contributed by atoms with Crippen molar-refractivity contribution in [2.75, 3.05) is 0 Å². The van der Waals surface area contributed by atoms with Gasteiger partial charge in [0, 0.05) is 43.6 Å². The lowest BCUT2D eigenvalue weighted by atomic mass is 10.0. The molecule has 6 heteroatoms. The Labute approximate surface area is 154 Å². The monoisotopic (exact) mass is 356 g/mol. The third kappa shape index (κ3) is 4.42. The van der Waals surface area contributed by atoms with Crippen LogP contribution in [0.4, 0.5) is 0 Å². The van der Waals surface area contributed by atoms with Crippen LogP contribution in [-0.4, -0.2) is 20.1 Å². The molecule has 0 aromatic carbocycles. The molecule has 0 N–H and O–H groups in total. The molecule has 1 atom stereocenters. The molecule has 0 amide bonds. The van der Waals surface area contributed by atoms with Crippen LogP contribution in [0, 0.1) is 6.92 Å². The molecule has 6 nitrogen and oxygen atoms in total. The van der Waals surface area contributed by atoms with E-state index in [4.69, 9.17) is 9.05 Å². The fraction of sp³-hybridized carbons (Fsp3) is 0.550. The second-order valence-corrected chi connectivity index (χ2v) is 7.45. The molecular weight excluding hydrogens is 328 g/mol. The molecule has 0 saturated carbocycles. The fourth-order valence-electron chi connectivity index (χ4n) is 3.25. The van der Waals surface area contributed by atoms with Crippen LogP contribution in [0.3, 0.4) is 0 Å². The predicted octanol–water partition coefficient (Wildman–Crippen LogP) is 4.35. The third-order valence-electron chi connectivity index (χ3n) is 4.67. The molecule has 140 valence electrons. The Morgan fingerprint density at radius 3 is 2.46 bits per heavy atom. The van der Waals surface area contributed by atoms with Crippen LogP contribution in [0.15, 0.2) is 27.2 Å². The molecule has 0 aliphatic heterocycles. The average molecular weight is 356 g/mol. The lowest BCUT2D eigenvalue weighted by Crippen LogP contribution is -1.99. The number of aromatic nitrogens is 4. The van der Waals surface area contributed by atoms with Gasteiger partial charge in [0.2, 0.25) is 0 Å². The molecule has 3 aromatic rings. The highest BCUT2D eigenvalue weighted by Crippen LogP contribution is 2.21. The summed E-state index contributed by atoms with van der Waals surface area (Å²) < 4.78 is 12.8. The summed E-state index contributed by atoms with van der Waals surface area (Å²) in [5, 5.41) is 12.7. The number of hydrogen-bond acceptors (Lipinski definition) is 5. The summed E-state index contributed by atoms with van der Waals surface area (Å²) in [5.41, 5.74) is 4.29. The first-order valence-corrected chi connectivity index (χ1v) is 9.33. The van der Waals surface area contributed by atoms with Crippen molar-refractivity contribution < 1.29 is 9.05 Å². The Bertz CT molecular complexity index is 844. The average Bonchev–Trinajstić information content (AvgIpc) is 3.28. The zero-order valence-electron chi connectivity index (χ0n) is 16.3. The van der Waals surface area contributed by atoms with E-state index >= 15 is 0 Å². The minimum Gasteiger partial charge on any atom is -0.361 e. The molecule has 0 saturated heterocycles. The van der Waals surface area contributed by atoms with Gasteiger partial charge in [-0.3, -0.25) is 4.68 Å². The van der Waals surface area contributed by atoms with Crippen molar-refractivity contribution >= 4 is 0 Å². The van der Waals surface area contributed by atoms with Gasteiger partial charge in [0.05, 0.1) is 17.1 Å². The number of aryl methyl sites for hydroxylation is 4. The van der Waals surface area contributed by atoms with Crippen LogP contribution in [0.25, 0.3) is 0 Å². The van der Waals surface area contributed by atoms with Crippen LogP contribution >= 0.6 is 0 Å². The first-order valence-electron chi connectivity index (χ1n) is 9.33. The van der Waals surface area contributed by atoms with E-state index in [1.807, 2.05) is 24.7 Å². The Morgan fingerprint density at radius 1 is 1.00 bits per heavy atom. The Balaban J connectivity index is 1.50. The van der Waals surface area contributed by atoms with Crippen LogP contribution in [0.5, 0.6) is 0 Å². The number of nitrogens with zero attached hydrogens (tertiary/aromatic N) is 4. The molecule has 3 aromatic heterocycles. The fourth-order valence-corrected chi connectivity index (χ4v) is 3.25. The van der Waals surface area contributed by atoms with Gasteiger partial charge in [-0.2, -0.15) is 5.10 Å². The Kier molecular flexibility index (Phi) is 5.59. The molecule has 3 rings (SSSR count). The molecule has 1 unspecified atom stereocenters. The predicted molar refractivity (Wildman–Crippen MR) is 99.2 cm³/mol. The van der Waals surface area contributed by atoms with Gasteiger partial charge in [-0.05, 0) is 31.7 Å². The van der Waals surface area contributed by atoms with E-state index in [-0.39, 0.29) is 5.92 Å². The molecule has 0 aliphatic rings. The van der Waals surface area contributed by atoms with Crippen molar-refractivity contribution in [2.24, 2.45) is 7.05 Å². The molecule has 0 aliphatic carbocycles. The van der Waals surface area contributed by atoms with Crippen LogP contribution in [0.2, 0.25) is 0 Å². The number of rotatable bonds is 8. The maximum Gasteiger partial charge on any atom is 0.140 e. The van der Waals surface area contributed by atoms with Crippen molar-refractivity contribution in [2.45, 2.75) is 65.2 Å². The quantitative estimate of drug-likeness (QED) is 0.600. The summed E-state index contributed by atoms with van der Waals surface area (Å²) in [6, 6.07) is 6.24. The normalized spacial score (nSPS) is 12.8. The zero-order valence-corrected chi connectivity index (χ0v) is 16.3. The van der Waals surface area contributed by atoms with Gasteiger partial charge < -0.3 is 9.05 Å². The lowest BCUT2D eigenvalue weighted by Gasteiger charge is -2.03. The van der Waals surface area contributed by atoms with Gasteiger partial charge in [-0.1, -0.05) is 31.1 Å². The van der Waals surface area contributed by atoms with Crippen LogP contribution in [0.1, 0.15) is 73.3 Å². The summed E-state index contributed by atoms with van der Waals surface area (Å²) in [6.45, 7) is 8.43. The van der Waals surface area contributed by atoms with E-state index in [1.54, 1.807) is 0 Å². The lowest BCUT2D eigenvalue weighted by molar-refractivity contribution is 0.353. The maximum absolute atomic E-state index is 5.49. The van der Waals surface area contributed by atoms with E-state index in [0.717, 1.165) is 54.3 Å². The van der Waals surface area contributed by atoms with Crippen molar-refractivity contribution in [3.05, 3.63) is 52.5 Å². The van der Waals surface area contributed by atoms with Gasteiger partial charge in [0.25, 0.3) is 0 Å². The Hall–Kier alpha value is -2.37. The zero-order chi connectivity index (χ0) is 18.7. The van der Waals surface area contributed by atoms with E-state index in [1.165, 1.54) is 5.69 Å². The maximum atomic E-state index is 5.49. The van der Waals surface area contributed by atoms with Crippen molar-refractivity contribution in [3.8, 4) is 0 Å². The van der Waals surface area contributed by atoms with Crippen molar-refractivity contribution in [1.29, 1.82) is 0 Å². The van der Waals surface area contributed by atoms with Gasteiger partial charge in [-0.25, -0.2) is 0 Å². The molecule has 0 spiro atoms. The van der Waals surface area contributed by atoms with E-state index < -0.39 is 0 Å². The van der Waals surface area contributed by atoms with Crippen LogP contribution in [-0.2, 0) is 26.3 Å². The summed E-state index contributed by atoms with van der Waals surface area (Å²) in [5.74, 6) is 2.55. The first-order chi connectivity index (χ1) is 12.4. The topological polar surface area (TPSA) is 69.9 Å². The first kappa shape index (κ1) is 18.4. The minimum atomic E-state index is 0.233. The van der Waals surface area contributed by atoms with E-state index in [0.29, 0.717) is 5.92 Å². The molecule has 0 radical (unpaired) electrons. The highest BCUT2D eigenvalue weighted by atomic mass is 16.5. The second kappa shape index (κ2) is 7.89. The largest absolute Gasteiger partial charge is 0.361 e. The second-order valence-electron chi connectivity index (χ2n) is 7.45. The third-order valence-corrected chi connectivity index (χ3v) is 4.67. The molecular formula is C20H28N4O2. The van der Waals surface area contributed by atoms with Gasteiger partial charge in [-0.15, -0.1) is 0 Å². The smallest absolute Gasteiger partial charge is 0.140 e. The van der Waals surface area contributed by atoms with E-state index in [2.05, 4.69) is 48.3 Å². The highest BCUT2D eigenvalue weighted by Gasteiger charge is 2.15. The standard InChI is InChI=1S/C20H28N4O2/c1-13(2)19-12-16(21-24(19)5)7-6-8-18-11-17(23-25-18)9-14(3)20-10-15(4)22-26-20/h10-14H,6-9H2,1-5H3. The van der Waals surface area contributed by atoms with Crippen LogP contribution < -0.4 is 0 Å². The van der Waals surface area contributed by atoms with Gasteiger partial charge in [0.15, 0.2) is 0 Å². The highest BCUT2D eigenvalue weighted by molar-refractivity contribution is 5.15. The SMILES string of the molecule is Cc1cc(C(C)Cc2cc(CCCc3cc(C(C)C)n(C)n3)on2)on1. The summed E-state index contributed by atoms with van der Waals surface area (Å²) in [6.07, 6.45) is 3.61. The number of hydrogen-bond donors (Lipinski definition) is 0. The molecule has 3 heterocycles. The molecule has 0 bridgehead atoms. The molecule has 0 fully saturated rings. The minimum absolute atomic E-state index is 0.233. The summed E-state index contributed by atoms with van der Waals surface area (Å²) >= 11 is 0. The van der Waals surface area contributed by atoms with Crippen molar-refractivity contribution in [1.82, 2.24) is 20.1 Å². The summed E-state index contributed by atoms with van der Waals surface area (Å²) in [7, 11) is 2.01. The van der Waals surface area contributed by atoms with Crippen molar-refractivity contribution in [3.63, 3.8) is 0 Å². The molecule has 26 heavy (non-hydrogen) atoms.